The molecule has 3 aliphatic rings. The molecule has 4 N–H and O–H groups in total. The van der Waals surface area contributed by atoms with Crippen molar-refractivity contribution in [2.24, 2.45) is 5.92 Å². The van der Waals surface area contributed by atoms with E-state index in [4.69, 9.17) is 20.1 Å². The zero-order valence-electron chi connectivity index (χ0n) is 40.9. The number of hydrogen-bond acceptors (Lipinski definition) is 11. The lowest BCUT2D eigenvalue weighted by Gasteiger charge is -2.39. The van der Waals surface area contributed by atoms with Crippen molar-refractivity contribution in [2.75, 3.05) is 61.6 Å². The lowest BCUT2D eigenvalue weighted by atomic mass is 9.89. The third kappa shape index (κ3) is 8.47. The molecule has 3 aromatic heterocycles. The fourth-order valence-electron chi connectivity index (χ4n) is 10.5. The number of carbonyl (C=O) groups is 1. The van der Waals surface area contributed by atoms with E-state index in [1.54, 1.807) is 55.0 Å². The minimum Gasteiger partial charge on any atom is -0.398 e. The summed E-state index contributed by atoms with van der Waals surface area (Å²) in [6.07, 6.45) is 7.51. The Morgan fingerprint density at radius 2 is 1.70 bits per heavy atom. The molecule has 364 valence electrons. The van der Waals surface area contributed by atoms with E-state index in [-0.39, 0.29) is 29.7 Å². The number of aromatic amines is 1. The monoisotopic (exact) mass is 960 g/mol. The van der Waals surface area contributed by atoms with E-state index < -0.39 is 30.0 Å². The number of hydrogen-bond donors (Lipinski definition) is 3. The fourth-order valence-corrected chi connectivity index (χ4v) is 12.6. The summed E-state index contributed by atoms with van der Waals surface area (Å²) in [7, 11) is -0.889. The van der Waals surface area contributed by atoms with Crippen molar-refractivity contribution in [3.8, 4) is 17.2 Å². The number of carbonyl (C=O) groups excluding carboxylic acids is 1. The van der Waals surface area contributed by atoms with Gasteiger partial charge in [0.2, 0.25) is 5.91 Å². The van der Waals surface area contributed by atoms with Gasteiger partial charge in [0.1, 0.15) is 18.8 Å². The fraction of sp³-hybridized carbons (Fsp3) is 0.431. The van der Waals surface area contributed by atoms with Crippen molar-refractivity contribution >= 4 is 41.5 Å². The average molecular weight is 961 g/mol. The number of fused-ring (bicyclic) bond motifs is 1. The van der Waals surface area contributed by atoms with Crippen LogP contribution in [0.1, 0.15) is 94.2 Å². The summed E-state index contributed by atoms with van der Waals surface area (Å²) < 4.78 is 44.8. The Bertz CT molecular complexity index is 3170. The molecule has 0 radical (unpaired) electrons. The largest absolute Gasteiger partial charge is 0.438 e. The van der Waals surface area contributed by atoms with Crippen LogP contribution in [0.3, 0.4) is 0 Å². The van der Waals surface area contributed by atoms with Gasteiger partial charge in [-0.15, -0.1) is 0 Å². The number of amides is 1. The molecule has 6 aromatic rings. The Morgan fingerprint density at radius 1 is 1.00 bits per heavy atom. The molecule has 2 aliphatic heterocycles. The molecule has 3 aromatic carbocycles. The van der Waals surface area contributed by atoms with E-state index in [0.29, 0.717) is 119 Å². The van der Waals surface area contributed by atoms with Crippen LogP contribution in [0.25, 0.3) is 23.3 Å². The molecule has 16 nitrogen and oxygen atoms in total. The minimum atomic E-state index is -2.66. The SMILES string of the molecule is CCP(=O)(CC)c1ccc(-n2ccn(-c3c4c(nn3-c3cc(C)c(F)c(C)c3)CCN(C(=O)/C(=C/c3cc(N5CCOC(C)(C)C5)ccc3N)C[C@@]3(c5noc(=O)[nH]5)C[C@@H]3C)[C@H]4C)c2=O)cc1NC. The first-order valence-corrected chi connectivity index (χ1v) is 25.9. The maximum Gasteiger partial charge on any atom is 0.438 e. The highest BCUT2D eigenvalue weighted by molar-refractivity contribution is 7.71. The van der Waals surface area contributed by atoms with Gasteiger partial charge in [0.05, 0.1) is 35.3 Å². The molecule has 1 amide bonds. The number of H-pyrrole nitrogens is 1. The van der Waals surface area contributed by atoms with Crippen LogP contribution in [0.2, 0.25) is 0 Å². The molecule has 0 unspecified atom stereocenters. The third-order valence-electron chi connectivity index (χ3n) is 14.7. The molecule has 69 heavy (non-hydrogen) atoms. The van der Waals surface area contributed by atoms with Gasteiger partial charge in [-0.05, 0) is 125 Å². The van der Waals surface area contributed by atoms with Gasteiger partial charge in [-0.3, -0.25) is 23.4 Å². The van der Waals surface area contributed by atoms with Gasteiger partial charge >= 0.3 is 11.4 Å². The predicted octanol–water partition coefficient (Wildman–Crippen LogP) is 7.41. The number of nitrogens with two attached hydrogens (primary N) is 1. The lowest BCUT2D eigenvalue weighted by Crippen LogP contribution is -2.48. The Hall–Kier alpha value is -6.45. The summed E-state index contributed by atoms with van der Waals surface area (Å²) in [5, 5.41) is 13.2. The van der Waals surface area contributed by atoms with Crippen LogP contribution < -0.4 is 32.7 Å². The first-order chi connectivity index (χ1) is 32.8. The Kier molecular flexibility index (Phi) is 12.3. The van der Waals surface area contributed by atoms with E-state index in [0.717, 1.165) is 11.0 Å². The summed E-state index contributed by atoms with van der Waals surface area (Å²) in [6.45, 7) is 17.6. The number of ether oxygens (including phenoxy) is 1. The number of nitrogens with zero attached hydrogens (tertiary/aromatic N) is 7. The van der Waals surface area contributed by atoms with Gasteiger partial charge in [-0.25, -0.2) is 18.7 Å². The molecular formula is C51H62FN10O6P. The van der Waals surface area contributed by atoms with Gasteiger partial charge in [-0.2, -0.15) is 5.10 Å². The summed E-state index contributed by atoms with van der Waals surface area (Å²) in [5.74, 6) is -0.361. The van der Waals surface area contributed by atoms with Crippen molar-refractivity contribution in [2.45, 2.75) is 91.7 Å². The number of aromatic nitrogens is 6. The number of benzene rings is 3. The first-order valence-electron chi connectivity index (χ1n) is 23.8. The molecule has 2 fully saturated rings. The van der Waals surface area contributed by atoms with Gasteiger partial charge in [0.25, 0.3) is 0 Å². The lowest BCUT2D eigenvalue weighted by molar-refractivity contribution is -0.129. The number of imidazole rings is 1. The highest BCUT2D eigenvalue weighted by Gasteiger charge is 2.56. The van der Waals surface area contributed by atoms with Crippen LogP contribution >= 0.6 is 7.14 Å². The number of nitrogens with one attached hydrogen (secondary N) is 2. The summed E-state index contributed by atoms with van der Waals surface area (Å²) in [4.78, 5) is 49.6. The smallest absolute Gasteiger partial charge is 0.398 e. The number of rotatable bonds is 13. The second kappa shape index (κ2) is 17.8. The van der Waals surface area contributed by atoms with Crippen LogP contribution in [0, 0.1) is 25.6 Å². The van der Waals surface area contributed by atoms with Crippen molar-refractivity contribution < 1.29 is 23.0 Å². The average Bonchev–Trinajstić information content (AvgIpc) is 3.66. The predicted molar refractivity (Wildman–Crippen MR) is 268 cm³/mol. The van der Waals surface area contributed by atoms with Crippen LogP contribution in [-0.2, 0) is 25.9 Å². The topological polar surface area (TPSA) is 192 Å². The maximum atomic E-state index is 15.6. The second-order valence-electron chi connectivity index (χ2n) is 19.6. The first kappa shape index (κ1) is 47.6. The summed E-state index contributed by atoms with van der Waals surface area (Å²) in [6, 6.07) is 14.1. The molecule has 18 heteroatoms. The zero-order chi connectivity index (χ0) is 49.3. The summed E-state index contributed by atoms with van der Waals surface area (Å²) in [5.41, 5.74) is 11.9. The number of halogens is 1. The number of aryl methyl sites for hydroxylation is 2. The van der Waals surface area contributed by atoms with Crippen molar-refractivity contribution in [3.63, 3.8) is 0 Å². The van der Waals surface area contributed by atoms with E-state index in [9.17, 15) is 14.2 Å². The van der Waals surface area contributed by atoms with Gasteiger partial charge in [0, 0.05) is 96.7 Å². The molecule has 1 saturated heterocycles. The Morgan fingerprint density at radius 3 is 2.33 bits per heavy atom. The van der Waals surface area contributed by atoms with Gasteiger partial charge in [-0.1, -0.05) is 25.9 Å². The zero-order valence-corrected chi connectivity index (χ0v) is 41.7. The molecule has 0 bridgehead atoms. The number of nitrogen functional groups attached to an aromatic ring is 1. The van der Waals surface area contributed by atoms with Gasteiger partial charge < -0.3 is 30.2 Å². The molecular weight excluding hydrogens is 899 g/mol. The van der Waals surface area contributed by atoms with Crippen molar-refractivity contribution in [1.82, 2.24) is 34.0 Å². The minimum absolute atomic E-state index is 0.0747. The van der Waals surface area contributed by atoms with E-state index >= 15 is 9.18 Å². The van der Waals surface area contributed by atoms with Crippen molar-refractivity contribution in [3.05, 3.63) is 127 Å². The highest BCUT2D eigenvalue weighted by Crippen LogP contribution is 2.57. The van der Waals surface area contributed by atoms with Crippen LogP contribution in [0.4, 0.5) is 21.5 Å². The van der Waals surface area contributed by atoms with E-state index in [1.807, 2.05) is 63.2 Å². The molecule has 1 saturated carbocycles. The molecule has 9 rings (SSSR count). The molecule has 0 spiro atoms. The molecule has 1 aliphatic carbocycles. The number of morpholine rings is 1. The van der Waals surface area contributed by atoms with Gasteiger partial charge in [0.15, 0.2) is 5.82 Å². The summed E-state index contributed by atoms with van der Waals surface area (Å²) >= 11 is 0. The van der Waals surface area contributed by atoms with E-state index in [2.05, 4.69) is 41.1 Å². The Balaban J connectivity index is 1.16. The standard InChI is InChI=1S/C51H62FN10O6P/c1-10-69(66,11-2)42-15-13-37(26-41(42)54-9)60-18-19-61(49(60)65)45-43-33(6)59(17-16-40(43)56-62(45)38-22-30(3)44(52)31(4)23-38)46(63)35(28-51(27-32(51)5)47-55-48(64)68-57-47)24-34-25-36(12-14-39(34)53)58-20-21-67-50(7,8)29-58/h12-15,18-19,22-26,32-33,54H,10-11,16-17,20-21,27-29,53H2,1-9H3,(H,55,57,64)/b35-24+/t32-,33-,51-/m0/s1. The third-order valence-corrected chi connectivity index (χ3v) is 18.0. The number of anilines is 3. The molecule has 3 atom stereocenters. The van der Waals surface area contributed by atoms with Crippen LogP contribution in [0.5, 0.6) is 0 Å². The highest BCUT2D eigenvalue weighted by atomic mass is 31.2. The normalized spacial score (nSPS) is 20.3. The van der Waals surface area contributed by atoms with Crippen molar-refractivity contribution in [1.29, 1.82) is 0 Å². The maximum absolute atomic E-state index is 15.6. The van der Waals surface area contributed by atoms with Crippen LogP contribution in [-0.4, -0.2) is 91.1 Å². The quantitative estimate of drug-likeness (QED) is 0.0594. The van der Waals surface area contributed by atoms with E-state index in [1.165, 1.54) is 9.13 Å². The molecule has 5 heterocycles. The van der Waals surface area contributed by atoms with Crippen LogP contribution in [0.15, 0.2) is 80.6 Å². The Labute approximate surface area is 400 Å². The second-order valence-corrected chi connectivity index (χ2v) is 23.1.